The molecular weight excluding hydrogens is 397 g/mol. The zero-order chi connectivity index (χ0) is 22.5. The van der Waals surface area contributed by atoms with Crippen molar-refractivity contribution in [1.82, 2.24) is 0 Å². The van der Waals surface area contributed by atoms with Crippen LogP contribution < -0.4 is 15.5 Å². The quantitative estimate of drug-likeness (QED) is 0.589. The highest BCUT2D eigenvalue weighted by Gasteiger charge is 2.36. The van der Waals surface area contributed by atoms with Gasteiger partial charge >= 0.3 is 7.48 Å². The largest absolute Gasteiger partial charge is 0.464 e. The molecule has 0 saturated carbocycles. The average molecular weight is 427 g/mol. The lowest BCUT2D eigenvalue weighted by atomic mass is 9.78. The molecule has 0 fully saturated rings. The van der Waals surface area contributed by atoms with Crippen molar-refractivity contribution in [3.8, 4) is 16.9 Å². The summed E-state index contributed by atoms with van der Waals surface area (Å²) in [5, 5.41) is 14.0. The Morgan fingerprint density at radius 3 is 2.44 bits per heavy atom. The fraction of sp³-hybridized carbons (Fsp3) is 0.333. The third kappa shape index (κ3) is 3.70. The summed E-state index contributed by atoms with van der Waals surface area (Å²) in [6.45, 7) is 7.42. The first-order valence-corrected chi connectivity index (χ1v) is 11.4. The molecule has 5 rings (SSSR count). The lowest BCUT2D eigenvalue weighted by molar-refractivity contribution is -0.0893. The van der Waals surface area contributed by atoms with Crippen molar-refractivity contribution in [2.75, 3.05) is 5.32 Å². The molecule has 0 aromatic heterocycles. The third-order valence-corrected chi connectivity index (χ3v) is 7.05. The molecular formula is C27H30BNO3. The van der Waals surface area contributed by atoms with Gasteiger partial charge in [0.2, 0.25) is 0 Å². The number of ether oxygens (including phenoxy) is 1. The maximum atomic E-state index is 10.4. The molecule has 5 heteroatoms. The molecule has 0 spiro atoms. The van der Waals surface area contributed by atoms with Crippen LogP contribution in [0.1, 0.15) is 50.6 Å². The summed E-state index contributed by atoms with van der Waals surface area (Å²) in [4.78, 5) is 0. The lowest BCUT2D eigenvalue weighted by Gasteiger charge is -2.37. The molecule has 1 unspecified atom stereocenters. The first kappa shape index (κ1) is 21.1. The van der Waals surface area contributed by atoms with E-state index in [4.69, 9.17) is 9.39 Å². The normalized spacial score (nSPS) is 17.0. The van der Waals surface area contributed by atoms with E-state index >= 15 is 0 Å². The highest BCUT2D eigenvalue weighted by Crippen LogP contribution is 2.49. The van der Waals surface area contributed by atoms with Crippen LogP contribution in [0.3, 0.4) is 0 Å². The number of nitrogens with one attached hydrogen (secondary N) is 1. The predicted molar refractivity (Wildman–Crippen MR) is 131 cm³/mol. The zero-order valence-corrected chi connectivity index (χ0v) is 19.2. The summed E-state index contributed by atoms with van der Waals surface area (Å²) in [5.41, 5.74) is 6.74. The monoisotopic (exact) mass is 427 g/mol. The molecule has 2 N–H and O–H groups in total. The van der Waals surface area contributed by atoms with E-state index in [-0.39, 0.29) is 6.23 Å². The lowest BCUT2D eigenvalue weighted by Crippen LogP contribution is -2.49. The van der Waals surface area contributed by atoms with E-state index < -0.39 is 11.2 Å². The van der Waals surface area contributed by atoms with Gasteiger partial charge in [-0.05, 0) is 63.3 Å². The molecule has 32 heavy (non-hydrogen) atoms. The highest BCUT2D eigenvalue weighted by atomic mass is 16.5. The van der Waals surface area contributed by atoms with E-state index in [2.05, 4.69) is 47.8 Å². The smallest absolute Gasteiger partial charge is 0.309 e. The first-order valence-electron chi connectivity index (χ1n) is 11.4. The molecule has 0 amide bonds. The maximum absolute atomic E-state index is 10.4. The molecule has 164 valence electrons. The second-order valence-electron chi connectivity index (χ2n) is 9.88. The van der Waals surface area contributed by atoms with E-state index in [1.807, 2.05) is 32.0 Å². The van der Waals surface area contributed by atoms with E-state index in [1.54, 1.807) is 13.8 Å². The van der Waals surface area contributed by atoms with Crippen LogP contribution in [0.15, 0.2) is 60.7 Å². The van der Waals surface area contributed by atoms with Gasteiger partial charge in [-0.3, -0.25) is 0 Å². The second-order valence-corrected chi connectivity index (χ2v) is 9.88. The van der Waals surface area contributed by atoms with Crippen LogP contribution >= 0.6 is 0 Å². The predicted octanol–water partition coefficient (Wildman–Crippen LogP) is 4.50. The van der Waals surface area contributed by atoms with E-state index in [0.29, 0.717) is 7.48 Å². The fourth-order valence-corrected chi connectivity index (χ4v) is 4.30. The van der Waals surface area contributed by atoms with Crippen molar-refractivity contribution in [3.63, 3.8) is 0 Å². The number of anilines is 1. The fourth-order valence-electron chi connectivity index (χ4n) is 4.30. The summed E-state index contributed by atoms with van der Waals surface area (Å²) in [7, 11) is 0.445. The molecule has 0 radical (unpaired) electrons. The standard InChI is InChI=1S/C27H30BNO3/c1-26(2,30)27(3,4)32-28-20-14-12-17-10-11-18-13-15-22-24(23(18)21(17)16-20)31-25(29-22)19-8-6-5-7-9-19/h5-9,12-16,25,28-30H,10-11H2,1-4H3. The Morgan fingerprint density at radius 2 is 1.69 bits per heavy atom. The van der Waals surface area contributed by atoms with Gasteiger partial charge in [0.25, 0.3) is 0 Å². The van der Waals surface area contributed by atoms with Crippen LogP contribution in [-0.4, -0.2) is 23.8 Å². The maximum Gasteiger partial charge on any atom is 0.309 e. The van der Waals surface area contributed by atoms with Gasteiger partial charge in [0.1, 0.15) is 0 Å². The van der Waals surface area contributed by atoms with Crippen LogP contribution in [0.2, 0.25) is 0 Å². The molecule has 1 atom stereocenters. The van der Waals surface area contributed by atoms with Crippen molar-refractivity contribution in [3.05, 3.63) is 77.4 Å². The Balaban J connectivity index is 1.48. The minimum absolute atomic E-state index is 0.179. The molecule has 1 heterocycles. The molecule has 2 aliphatic rings. The van der Waals surface area contributed by atoms with Gasteiger partial charge in [0.15, 0.2) is 12.0 Å². The van der Waals surface area contributed by atoms with Crippen LogP contribution in [0.25, 0.3) is 11.1 Å². The number of aryl methyl sites for hydroxylation is 2. The molecule has 3 aromatic rings. The first-order chi connectivity index (χ1) is 15.2. The van der Waals surface area contributed by atoms with Crippen LogP contribution in [-0.2, 0) is 17.5 Å². The van der Waals surface area contributed by atoms with Crippen molar-refractivity contribution in [2.24, 2.45) is 0 Å². The molecule has 0 saturated heterocycles. The third-order valence-electron chi connectivity index (χ3n) is 7.05. The van der Waals surface area contributed by atoms with Gasteiger partial charge in [-0.2, -0.15) is 0 Å². The van der Waals surface area contributed by atoms with Crippen molar-refractivity contribution >= 4 is 18.6 Å². The Bertz CT molecular complexity index is 1150. The summed E-state index contributed by atoms with van der Waals surface area (Å²) in [6.07, 6.45) is 1.85. The number of rotatable bonds is 5. The minimum atomic E-state index is -0.930. The number of hydrogen-bond donors (Lipinski definition) is 2. The molecule has 1 aliphatic heterocycles. The van der Waals surface area contributed by atoms with E-state index in [1.165, 1.54) is 22.3 Å². The van der Waals surface area contributed by atoms with Crippen LogP contribution in [0, 0.1) is 0 Å². The summed E-state index contributed by atoms with van der Waals surface area (Å²) >= 11 is 0. The zero-order valence-electron chi connectivity index (χ0n) is 19.2. The van der Waals surface area contributed by atoms with Crippen molar-refractivity contribution in [2.45, 2.75) is 58.0 Å². The van der Waals surface area contributed by atoms with Gasteiger partial charge in [-0.15, -0.1) is 0 Å². The van der Waals surface area contributed by atoms with Crippen LogP contribution in [0.5, 0.6) is 5.75 Å². The molecule has 0 bridgehead atoms. The topological polar surface area (TPSA) is 50.7 Å². The number of hydrogen-bond acceptors (Lipinski definition) is 4. The summed E-state index contributed by atoms with van der Waals surface area (Å²) < 4.78 is 12.6. The van der Waals surface area contributed by atoms with Gasteiger partial charge in [-0.25, -0.2) is 0 Å². The van der Waals surface area contributed by atoms with Crippen molar-refractivity contribution < 1.29 is 14.5 Å². The number of aliphatic hydroxyl groups is 1. The Kier molecular flexibility index (Phi) is 5.07. The van der Waals surface area contributed by atoms with Gasteiger partial charge in [0.05, 0.1) is 16.9 Å². The van der Waals surface area contributed by atoms with Crippen LogP contribution in [0.4, 0.5) is 5.69 Å². The molecule has 1 aliphatic carbocycles. The van der Waals surface area contributed by atoms with Gasteiger partial charge in [0, 0.05) is 11.1 Å². The van der Waals surface area contributed by atoms with E-state index in [9.17, 15) is 5.11 Å². The Labute approximate surface area is 190 Å². The average Bonchev–Trinajstić information content (AvgIpc) is 3.21. The summed E-state index contributed by atoms with van der Waals surface area (Å²) in [6, 6.07) is 21.2. The molecule has 3 aromatic carbocycles. The summed E-state index contributed by atoms with van der Waals surface area (Å²) in [5.74, 6) is 0.937. The van der Waals surface area contributed by atoms with E-state index in [0.717, 1.165) is 35.3 Å². The Hall–Kier alpha value is -2.76. The second kappa shape index (κ2) is 7.68. The Morgan fingerprint density at radius 1 is 0.969 bits per heavy atom. The number of benzene rings is 3. The highest BCUT2D eigenvalue weighted by molar-refractivity contribution is 6.47. The van der Waals surface area contributed by atoms with Crippen molar-refractivity contribution in [1.29, 1.82) is 0 Å². The molecule has 4 nitrogen and oxygen atoms in total. The number of fused-ring (bicyclic) bond motifs is 5. The SMILES string of the molecule is CC(C)(O)C(C)(C)OBc1ccc2c(c1)-c1c(ccc3c1OC(c1ccccc1)N3)CC2. The van der Waals surface area contributed by atoms with Gasteiger partial charge in [-0.1, -0.05) is 60.1 Å². The van der Waals surface area contributed by atoms with Gasteiger partial charge < -0.3 is 19.8 Å². The minimum Gasteiger partial charge on any atom is -0.464 e.